The van der Waals surface area contributed by atoms with E-state index in [4.69, 9.17) is 4.74 Å². The maximum atomic E-state index is 13.2. The van der Waals surface area contributed by atoms with E-state index in [-0.39, 0.29) is 11.9 Å². The van der Waals surface area contributed by atoms with Gasteiger partial charge in [-0.05, 0) is 70.3 Å². The zero-order valence-corrected chi connectivity index (χ0v) is 19.4. The Balaban J connectivity index is 1.45. The van der Waals surface area contributed by atoms with Crippen LogP contribution in [0, 0.1) is 5.82 Å². The fourth-order valence-electron chi connectivity index (χ4n) is 4.39. The van der Waals surface area contributed by atoms with Crippen LogP contribution in [-0.2, 0) is 17.0 Å². The van der Waals surface area contributed by atoms with Crippen molar-refractivity contribution in [2.24, 2.45) is 0 Å². The van der Waals surface area contributed by atoms with Crippen molar-refractivity contribution < 1.29 is 9.13 Å². The van der Waals surface area contributed by atoms with E-state index in [1.165, 1.54) is 17.7 Å². The van der Waals surface area contributed by atoms with Crippen molar-refractivity contribution in [2.45, 2.75) is 69.0 Å². The number of rotatable bonds is 8. The summed E-state index contributed by atoms with van der Waals surface area (Å²) in [5.41, 5.74) is 2.52. The topological polar surface area (TPSA) is 43.2 Å². The fourth-order valence-corrected chi connectivity index (χ4v) is 5.30. The van der Waals surface area contributed by atoms with E-state index < -0.39 is 0 Å². The molecule has 2 aromatic rings. The molecule has 168 valence electrons. The number of likely N-dealkylation sites (tertiary alicyclic amines) is 1. The maximum Gasteiger partial charge on any atom is 0.191 e. The number of ether oxygens (including phenoxy) is 1. The Morgan fingerprint density at radius 3 is 2.65 bits per heavy atom. The largest absolute Gasteiger partial charge is 0.376 e. The van der Waals surface area contributed by atoms with Gasteiger partial charge in [0.1, 0.15) is 11.6 Å². The molecule has 31 heavy (non-hydrogen) atoms. The lowest BCUT2D eigenvalue weighted by Gasteiger charge is -2.32. The highest BCUT2D eigenvalue weighted by atomic mass is 32.2. The smallest absolute Gasteiger partial charge is 0.191 e. The van der Waals surface area contributed by atoms with Crippen LogP contribution < -0.4 is 0 Å². The molecule has 0 N–H and O–H groups in total. The molecule has 1 atom stereocenters. The van der Waals surface area contributed by atoms with Crippen molar-refractivity contribution in [3.8, 4) is 0 Å². The Hall–Kier alpha value is -1.70. The molecule has 2 aliphatic rings. The van der Waals surface area contributed by atoms with Gasteiger partial charge in [-0.3, -0.25) is 4.90 Å². The molecule has 7 heteroatoms. The van der Waals surface area contributed by atoms with Gasteiger partial charge in [-0.15, -0.1) is 10.2 Å². The Bertz CT molecular complexity index is 868. The third kappa shape index (κ3) is 5.96. The molecule has 2 aliphatic heterocycles. The van der Waals surface area contributed by atoms with Crippen LogP contribution in [0.5, 0.6) is 0 Å². The minimum atomic E-state index is -0.200. The molecule has 4 rings (SSSR count). The van der Waals surface area contributed by atoms with Gasteiger partial charge in [0.05, 0.1) is 12.6 Å². The molecule has 3 heterocycles. The summed E-state index contributed by atoms with van der Waals surface area (Å²) < 4.78 is 21.5. The SMILES string of the molecule is C/C=C(\C)CN1CCC(c2nnc(SCc3ccc(F)cc3)n2C[C@@H]2CCCO2)CC1. The number of piperidine rings is 1. The summed E-state index contributed by atoms with van der Waals surface area (Å²) >= 11 is 1.68. The Labute approximate surface area is 189 Å². The third-order valence-corrected chi connectivity index (χ3v) is 7.39. The van der Waals surface area contributed by atoms with E-state index in [0.29, 0.717) is 5.92 Å². The van der Waals surface area contributed by atoms with Crippen LogP contribution in [0.1, 0.15) is 56.8 Å². The Morgan fingerprint density at radius 2 is 1.97 bits per heavy atom. The second kappa shape index (κ2) is 10.7. The molecule has 0 unspecified atom stereocenters. The predicted octanol–water partition coefficient (Wildman–Crippen LogP) is 5.03. The first-order valence-electron chi connectivity index (χ1n) is 11.4. The number of aromatic nitrogens is 3. The number of hydrogen-bond donors (Lipinski definition) is 0. The van der Waals surface area contributed by atoms with E-state index in [2.05, 4.69) is 39.6 Å². The summed E-state index contributed by atoms with van der Waals surface area (Å²) in [7, 11) is 0. The van der Waals surface area contributed by atoms with E-state index in [9.17, 15) is 4.39 Å². The highest BCUT2D eigenvalue weighted by Crippen LogP contribution is 2.32. The summed E-state index contributed by atoms with van der Waals surface area (Å²) in [6.45, 7) is 9.25. The predicted molar refractivity (Wildman–Crippen MR) is 123 cm³/mol. The van der Waals surface area contributed by atoms with Crippen LogP contribution in [0.4, 0.5) is 4.39 Å². The van der Waals surface area contributed by atoms with Gasteiger partial charge in [0.2, 0.25) is 0 Å². The Morgan fingerprint density at radius 1 is 1.19 bits per heavy atom. The lowest BCUT2D eigenvalue weighted by Crippen LogP contribution is -2.35. The van der Waals surface area contributed by atoms with Gasteiger partial charge in [-0.1, -0.05) is 35.5 Å². The van der Waals surface area contributed by atoms with Crippen LogP contribution in [0.2, 0.25) is 0 Å². The number of nitrogens with zero attached hydrogens (tertiary/aromatic N) is 4. The zero-order valence-electron chi connectivity index (χ0n) is 18.6. The standard InChI is InChI=1S/C24H33FN4OS/c1-3-18(2)15-28-12-10-20(11-13-28)23-26-27-24(29(23)16-22-5-4-14-30-22)31-17-19-6-8-21(25)9-7-19/h3,6-9,20,22H,4-5,10-17H2,1-2H3/b18-3+/t22-/m0/s1. The van der Waals surface area contributed by atoms with Crippen LogP contribution in [0.15, 0.2) is 41.1 Å². The first kappa shape index (κ1) is 22.5. The highest BCUT2D eigenvalue weighted by molar-refractivity contribution is 7.98. The second-order valence-corrected chi connectivity index (χ2v) is 9.63. The van der Waals surface area contributed by atoms with Crippen molar-refractivity contribution in [3.63, 3.8) is 0 Å². The first-order chi connectivity index (χ1) is 15.1. The average molecular weight is 445 g/mol. The molecule has 1 aromatic heterocycles. The molecule has 0 aliphatic carbocycles. The van der Waals surface area contributed by atoms with Crippen LogP contribution >= 0.6 is 11.8 Å². The molecule has 5 nitrogen and oxygen atoms in total. The van der Waals surface area contributed by atoms with Crippen molar-refractivity contribution in [1.82, 2.24) is 19.7 Å². The number of allylic oxidation sites excluding steroid dienone is 1. The van der Waals surface area contributed by atoms with Crippen LogP contribution in [-0.4, -0.2) is 52.0 Å². The Kier molecular flexibility index (Phi) is 7.80. The monoisotopic (exact) mass is 444 g/mol. The first-order valence-corrected chi connectivity index (χ1v) is 12.4. The summed E-state index contributed by atoms with van der Waals surface area (Å²) in [6.07, 6.45) is 6.91. The summed E-state index contributed by atoms with van der Waals surface area (Å²) in [5, 5.41) is 10.2. The van der Waals surface area contributed by atoms with Gasteiger partial charge in [0.15, 0.2) is 5.16 Å². The third-order valence-electron chi connectivity index (χ3n) is 6.36. The lowest BCUT2D eigenvalue weighted by atomic mass is 9.95. The van der Waals surface area contributed by atoms with Crippen molar-refractivity contribution in [1.29, 1.82) is 0 Å². The molecule has 2 saturated heterocycles. The number of halogens is 1. The fraction of sp³-hybridized carbons (Fsp3) is 0.583. The van der Waals surface area contributed by atoms with E-state index in [0.717, 1.165) is 80.8 Å². The number of thioether (sulfide) groups is 1. The van der Waals surface area contributed by atoms with Gasteiger partial charge in [-0.2, -0.15) is 0 Å². The highest BCUT2D eigenvalue weighted by Gasteiger charge is 2.28. The number of hydrogen-bond acceptors (Lipinski definition) is 5. The summed E-state index contributed by atoms with van der Waals surface area (Å²) in [6, 6.07) is 6.71. The molecule has 0 saturated carbocycles. The van der Waals surface area contributed by atoms with Gasteiger partial charge in [0, 0.05) is 24.8 Å². The molecule has 0 spiro atoms. The molecule has 2 fully saturated rings. The number of benzene rings is 1. The normalized spacial score (nSPS) is 21.1. The quantitative estimate of drug-likeness (QED) is 0.422. The molecule has 0 amide bonds. The van der Waals surface area contributed by atoms with E-state index >= 15 is 0 Å². The summed E-state index contributed by atoms with van der Waals surface area (Å²) in [5.74, 6) is 2.11. The molecule has 0 radical (unpaired) electrons. The van der Waals surface area contributed by atoms with E-state index in [1.807, 2.05) is 12.1 Å². The van der Waals surface area contributed by atoms with Gasteiger partial charge < -0.3 is 9.30 Å². The van der Waals surface area contributed by atoms with Crippen LogP contribution in [0.25, 0.3) is 0 Å². The van der Waals surface area contributed by atoms with Gasteiger partial charge in [-0.25, -0.2) is 4.39 Å². The maximum absolute atomic E-state index is 13.2. The van der Waals surface area contributed by atoms with Gasteiger partial charge in [0.25, 0.3) is 0 Å². The summed E-state index contributed by atoms with van der Waals surface area (Å²) in [4.78, 5) is 2.54. The van der Waals surface area contributed by atoms with Crippen molar-refractivity contribution in [2.75, 3.05) is 26.2 Å². The van der Waals surface area contributed by atoms with Crippen molar-refractivity contribution >= 4 is 11.8 Å². The molecular formula is C24H33FN4OS. The second-order valence-electron chi connectivity index (χ2n) is 8.69. The molecule has 1 aromatic carbocycles. The lowest BCUT2D eigenvalue weighted by molar-refractivity contribution is 0.0932. The minimum absolute atomic E-state index is 0.200. The van der Waals surface area contributed by atoms with Crippen LogP contribution in [0.3, 0.4) is 0 Å². The molecular weight excluding hydrogens is 411 g/mol. The van der Waals surface area contributed by atoms with E-state index in [1.54, 1.807) is 11.8 Å². The average Bonchev–Trinajstić information content (AvgIpc) is 3.44. The molecule has 0 bridgehead atoms. The van der Waals surface area contributed by atoms with Gasteiger partial charge >= 0.3 is 0 Å². The minimum Gasteiger partial charge on any atom is -0.376 e. The van der Waals surface area contributed by atoms with Crippen molar-refractivity contribution in [3.05, 3.63) is 53.1 Å². The zero-order chi connectivity index (χ0) is 21.6.